The van der Waals surface area contributed by atoms with Gasteiger partial charge in [0.05, 0.1) is 16.7 Å². The van der Waals surface area contributed by atoms with E-state index in [2.05, 4.69) is 5.32 Å². The zero-order chi connectivity index (χ0) is 20.9. The third-order valence-corrected chi connectivity index (χ3v) is 7.00. The molecule has 1 amide bonds. The maximum absolute atomic E-state index is 12.5. The van der Waals surface area contributed by atoms with Crippen molar-refractivity contribution in [3.63, 3.8) is 0 Å². The number of nitrogens with two attached hydrogens (primary N) is 1. The molecule has 0 spiro atoms. The molecule has 0 aliphatic rings. The van der Waals surface area contributed by atoms with Gasteiger partial charge in [0, 0.05) is 25.2 Å². The third-order valence-electron chi connectivity index (χ3n) is 4.21. The number of amides is 1. The first kappa shape index (κ1) is 21.0. The molecule has 0 saturated heterocycles. The van der Waals surface area contributed by atoms with E-state index in [4.69, 9.17) is 14.8 Å². The Balaban J connectivity index is 1.76. The fourth-order valence-corrected chi connectivity index (χ4v) is 4.56. The van der Waals surface area contributed by atoms with E-state index in [1.807, 2.05) is 29.6 Å². The van der Waals surface area contributed by atoms with E-state index in [0.717, 1.165) is 10.4 Å². The Morgan fingerprint density at radius 1 is 1.10 bits per heavy atom. The third kappa shape index (κ3) is 5.02. The average Bonchev–Trinajstić information content (AvgIpc) is 3.28. The Hall–Kier alpha value is -2.70. The van der Waals surface area contributed by atoms with Crippen molar-refractivity contribution < 1.29 is 18.4 Å². The van der Waals surface area contributed by atoms with Gasteiger partial charge in [0.25, 0.3) is 0 Å². The molecule has 29 heavy (non-hydrogen) atoms. The van der Waals surface area contributed by atoms with Gasteiger partial charge in [0.1, 0.15) is 0 Å². The maximum atomic E-state index is 12.5. The molecule has 6 nitrogen and oxygen atoms in total. The summed E-state index contributed by atoms with van der Waals surface area (Å²) in [5.74, 6) is -0.327. The van der Waals surface area contributed by atoms with Crippen molar-refractivity contribution in [1.82, 2.24) is 0 Å². The van der Waals surface area contributed by atoms with Crippen LogP contribution in [0.3, 0.4) is 0 Å². The van der Waals surface area contributed by atoms with Gasteiger partial charge in [-0.1, -0.05) is 24.3 Å². The Bertz CT molecular complexity index is 1070. The number of anilines is 2. The molecule has 3 aromatic rings. The first-order valence-corrected chi connectivity index (χ1v) is 11.1. The molecule has 1 heterocycles. The van der Waals surface area contributed by atoms with Crippen LogP contribution in [0.5, 0.6) is 0 Å². The molecular formula is C21H21N2O4PS. The summed E-state index contributed by atoms with van der Waals surface area (Å²) in [4.78, 5) is 13.5. The number of carbonyl (C=O) groups is 1. The Morgan fingerprint density at radius 2 is 1.90 bits per heavy atom. The number of nitrogen functional groups attached to an aromatic ring is 1. The topological polar surface area (TPSA) is 90.6 Å². The fourth-order valence-electron chi connectivity index (χ4n) is 2.69. The van der Waals surface area contributed by atoms with Crippen molar-refractivity contribution in [2.75, 3.05) is 25.3 Å². The summed E-state index contributed by atoms with van der Waals surface area (Å²) in [5.41, 5.74) is 8.70. The zero-order valence-electron chi connectivity index (χ0n) is 16.0. The quantitative estimate of drug-likeness (QED) is 0.322. The lowest BCUT2D eigenvalue weighted by molar-refractivity contribution is -0.111. The molecule has 0 radical (unpaired) electrons. The van der Waals surface area contributed by atoms with E-state index in [-0.39, 0.29) is 5.91 Å². The molecule has 0 saturated carbocycles. The van der Waals surface area contributed by atoms with Gasteiger partial charge in [-0.15, -0.1) is 11.3 Å². The molecule has 0 fully saturated rings. The monoisotopic (exact) mass is 428 g/mol. The smallest absolute Gasteiger partial charge is 0.360 e. The van der Waals surface area contributed by atoms with Crippen molar-refractivity contribution in [2.24, 2.45) is 0 Å². The van der Waals surface area contributed by atoms with Crippen LogP contribution in [-0.2, 0) is 18.4 Å². The standard InChI is InChI=1S/C21H21N2O4PS/c1-26-28(25,27-2)17-6-3-5-15(13-17)8-11-21(24)23-19-14-16(9-10-18(19)22)20-7-4-12-29-20/h3-14H,22H2,1-2H3,(H,23,24)/b11-8+. The van der Waals surface area contributed by atoms with Crippen molar-refractivity contribution in [1.29, 1.82) is 0 Å². The van der Waals surface area contributed by atoms with E-state index in [9.17, 15) is 9.36 Å². The molecule has 1 aromatic heterocycles. The first-order valence-electron chi connectivity index (χ1n) is 8.70. The van der Waals surface area contributed by atoms with Gasteiger partial charge < -0.3 is 20.1 Å². The highest BCUT2D eigenvalue weighted by atomic mass is 32.1. The predicted molar refractivity (Wildman–Crippen MR) is 120 cm³/mol. The van der Waals surface area contributed by atoms with Gasteiger partial charge in [-0.05, 0) is 52.9 Å². The fraction of sp³-hybridized carbons (Fsp3) is 0.0952. The van der Waals surface area contributed by atoms with E-state index >= 15 is 0 Å². The zero-order valence-corrected chi connectivity index (χ0v) is 17.7. The van der Waals surface area contributed by atoms with Gasteiger partial charge in [-0.2, -0.15) is 0 Å². The second-order valence-corrected chi connectivity index (χ2v) is 9.25. The number of rotatable bonds is 7. The average molecular weight is 428 g/mol. The lowest BCUT2D eigenvalue weighted by Crippen LogP contribution is -2.10. The summed E-state index contributed by atoms with van der Waals surface area (Å²) < 4.78 is 22.5. The Morgan fingerprint density at radius 3 is 2.59 bits per heavy atom. The van der Waals surface area contributed by atoms with Gasteiger partial charge >= 0.3 is 7.60 Å². The van der Waals surface area contributed by atoms with Crippen LogP contribution < -0.4 is 16.4 Å². The van der Waals surface area contributed by atoms with Crippen molar-refractivity contribution in [2.45, 2.75) is 0 Å². The lowest BCUT2D eigenvalue weighted by Gasteiger charge is -2.13. The minimum absolute atomic E-state index is 0.327. The van der Waals surface area contributed by atoms with Crippen molar-refractivity contribution in [3.8, 4) is 10.4 Å². The number of hydrogen-bond donors (Lipinski definition) is 2. The second-order valence-electron chi connectivity index (χ2n) is 6.06. The maximum Gasteiger partial charge on any atom is 0.360 e. The number of carbonyl (C=O) groups excluding carboxylic acids is 1. The molecule has 150 valence electrons. The molecule has 0 unspecified atom stereocenters. The van der Waals surface area contributed by atoms with Crippen LogP contribution in [0.15, 0.2) is 66.1 Å². The Labute approximate surface area is 173 Å². The van der Waals surface area contributed by atoms with Crippen LogP contribution in [-0.4, -0.2) is 20.1 Å². The molecule has 0 aliphatic heterocycles. The molecule has 3 N–H and O–H groups in total. The van der Waals surface area contributed by atoms with E-state index < -0.39 is 7.60 Å². The highest BCUT2D eigenvalue weighted by Gasteiger charge is 2.24. The number of thiophene rings is 1. The van der Waals surface area contributed by atoms with E-state index in [1.165, 1.54) is 20.3 Å². The molecule has 0 aliphatic carbocycles. The van der Waals surface area contributed by atoms with E-state index in [1.54, 1.807) is 47.7 Å². The second kappa shape index (κ2) is 9.20. The summed E-state index contributed by atoms with van der Waals surface area (Å²) in [6, 6.07) is 16.3. The summed E-state index contributed by atoms with van der Waals surface area (Å²) >= 11 is 1.61. The largest absolute Gasteiger partial charge is 0.397 e. The van der Waals surface area contributed by atoms with Gasteiger partial charge in [0.2, 0.25) is 5.91 Å². The summed E-state index contributed by atoms with van der Waals surface area (Å²) in [6.45, 7) is 0. The summed E-state index contributed by atoms with van der Waals surface area (Å²) in [5, 5.41) is 5.21. The SMILES string of the molecule is COP(=O)(OC)c1cccc(/C=C/C(=O)Nc2cc(-c3cccs3)ccc2N)c1. The summed E-state index contributed by atoms with van der Waals surface area (Å²) in [6.07, 6.45) is 3.01. The molecule has 3 rings (SSSR count). The van der Waals surface area contributed by atoms with Crippen LogP contribution >= 0.6 is 18.9 Å². The minimum atomic E-state index is -3.35. The van der Waals surface area contributed by atoms with Crippen molar-refractivity contribution in [3.05, 3.63) is 71.6 Å². The molecule has 8 heteroatoms. The lowest BCUT2D eigenvalue weighted by atomic mass is 10.1. The number of nitrogens with one attached hydrogen (secondary N) is 1. The predicted octanol–water partition coefficient (Wildman–Crippen LogP) is 4.76. The number of hydrogen-bond acceptors (Lipinski definition) is 6. The van der Waals surface area contributed by atoms with Crippen LogP contribution in [0.25, 0.3) is 16.5 Å². The molecular weight excluding hydrogens is 407 g/mol. The van der Waals surface area contributed by atoms with Gasteiger partial charge in [0.15, 0.2) is 0 Å². The number of benzene rings is 2. The van der Waals surface area contributed by atoms with Crippen LogP contribution in [0.4, 0.5) is 11.4 Å². The highest BCUT2D eigenvalue weighted by molar-refractivity contribution is 7.62. The van der Waals surface area contributed by atoms with Gasteiger partial charge in [-0.3, -0.25) is 9.36 Å². The highest BCUT2D eigenvalue weighted by Crippen LogP contribution is 2.45. The molecule has 0 bridgehead atoms. The van der Waals surface area contributed by atoms with Crippen LogP contribution in [0.1, 0.15) is 5.56 Å². The minimum Gasteiger partial charge on any atom is -0.397 e. The Kier molecular flexibility index (Phi) is 6.67. The normalized spacial score (nSPS) is 11.7. The van der Waals surface area contributed by atoms with Crippen LogP contribution in [0, 0.1) is 0 Å². The van der Waals surface area contributed by atoms with Crippen molar-refractivity contribution >= 4 is 47.6 Å². The van der Waals surface area contributed by atoms with Gasteiger partial charge in [-0.25, -0.2) is 0 Å². The molecule has 2 aromatic carbocycles. The summed E-state index contributed by atoms with van der Waals surface area (Å²) in [7, 11) is -0.692. The van der Waals surface area contributed by atoms with Crippen LogP contribution in [0.2, 0.25) is 0 Å². The molecule has 0 atom stereocenters. The van der Waals surface area contributed by atoms with E-state index in [0.29, 0.717) is 22.2 Å². The first-order chi connectivity index (χ1) is 13.9.